The fourth-order valence-electron chi connectivity index (χ4n) is 3.72. The summed E-state index contributed by atoms with van der Waals surface area (Å²) in [7, 11) is 0. The highest BCUT2D eigenvalue weighted by atomic mass is 19.1. The number of hydrogen-bond donors (Lipinski definition) is 1. The number of aromatic amines is 1. The molecule has 0 spiro atoms. The minimum atomic E-state index is -0.353. The summed E-state index contributed by atoms with van der Waals surface area (Å²) in [5.74, 6) is -0.352. The Balaban J connectivity index is 1.56. The number of aromatic nitrogens is 1. The number of amides is 1. The maximum atomic E-state index is 13.4. The van der Waals surface area contributed by atoms with Crippen molar-refractivity contribution in [3.05, 3.63) is 75.8 Å². The summed E-state index contributed by atoms with van der Waals surface area (Å²) in [5, 5.41) is 0.631. The number of nitrogens with zero attached hydrogens (tertiary/aromatic N) is 1. The molecule has 5 heteroatoms. The molecule has 1 amide bonds. The number of hydrogen-bond acceptors (Lipinski definition) is 2. The first-order chi connectivity index (χ1) is 12.5. The fraction of sp³-hybridized carbons (Fsp3) is 0.238. The van der Waals surface area contributed by atoms with Crippen molar-refractivity contribution in [1.29, 1.82) is 0 Å². The second-order valence-corrected chi connectivity index (χ2v) is 6.80. The molecule has 132 valence electrons. The maximum absolute atomic E-state index is 13.4. The molecule has 1 unspecified atom stereocenters. The Morgan fingerprint density at radius 2 is 2.04 bits per heavy atom. The molecule has 1 aliphatic rings. The van der Waals surface area contributed by atoms with Gasteiger partial charge in [-0.3, -0.25) is 9.59 Å². The molecular formula is C21H19FN2O2. The highest BCUT2D eigenvalue weighted by Crippen LogP contribution is 2.32. The van der Waals surface area contributed by atoms with Crippen molar-refractivity contribution in [2.45, 2.75) is 32.2 Å². The van der Waals surface area contributed by atoms with E-state index in [1.165, 1.54) is 17.7 Å². The van der Waals surface area contributed by atoms with Crippen LogP contribution in [0.2, 0.25) is 0 Å². The van der Waals surface area contributed by atoms with Gasteiger partial charge in [-0.15, -0.1) is 0 Å². The molecule has 0 aliphatic carbocycles. The zero-order chi connectivity index (χ0) is 18.3. The molecule has 0 bridgehead atoms. The smallest absolute Gasteiger partial charge is 0.251 e. The molecule has 1 aliphatic heterocycles. The van der Waals surface area contributed by atoms with E-state index in [1.54, 1.807) is 12.1 Å². The van der Waals surface area contributed by atoms with E-state index >= 15 is 0 Å². The first-order valence-corrected chi connectivity index (χ1v) is 8.74. The third kappa shape index (κ3) is 2.90. The van der Waals surface area contributed by atoms with Crippen LogP contribution < -0.4 is 10.5 Å². The molecule has 1 atom stereocenters. The molecule has 3 aromatic rings. The Morgan fingerprint density at radius 3 is 2.88 bits per heavy atom. The van der Waals surface area contributed by atoms with Crippen molar-refractivity contribution in [2.75, 3.05) is 4.90 Å². The van der Waals surface area contributed by atoms with E-state index in [9.17, 15) is 14.0 Å². The highest BCUT2D eigenvalue weighted by molar-refractivity contribution is 5.96. The van der Waals surface area contributed by atoms with E-state index in [4.69, 9.17) is 0 Å². The molecule has 2 aromatic carbocycles. The quantitative estimate of drug-likeness (QED) is 0.785. The minimum Gasteiger partial charge on any atom is -0.322 e. The lowest BCUT2D eigenvalue weighted by atomic mass is 10.1. The number of H-pyrrole nitrogens is 1. The van der Waals surface area contributed by atoms with Crippen LogP contribution in [0.4, 0.5) is 10.1 Å². The van der Waals surface area contributed by atoms with Crippen molar-refractivity contribution in [3.63, 3.8) is 0 Å². The second-order valence-electron chi connectivity index (χ2n) is 6.80. The van der Waals surface area contributed by atoms with Crippen LogP contribution in [-0.2, 0) is 17.6 Å². The van der Waals surface area contributed by atoms with Gasteiger partial charge in [0, 0.05) is 34.6 Å². The van der Waals surface area contributed by atoms with Gasteiger partial charge >= 0.3 is 0 Å². The highest BCUT2D eigenvalue weighted by Gasteiger charge is 2.30. The lowest BCUT2D eigenvalue weighted by Crippen LogP contribution is -2.36. The lowest BCUT2D eigenvalue weighted by molar-refractivity contribution is -0.118. The van der Waals surface area contributed by atoms with E-state index in [-0.39, 0.29) is 29.7 Å². The average molecular weight is 350 g/mol. The number of carbonyl (C=O) groups excluding carboxylic acids is 1. The van der Waals surface area contributed by atoms with Gasteiger partial charge in [0.2, 0.25) is 5.91 Å². The van der Waals surface area contributed by atoms with Crippen molar-refractivity contribution >= 4 is 22.5 Å². The second kappa shape index (κ2) is 6.41. The largest absolute Gasteiger partial charge is 0.322 e. The topological polar surface area (TPSA) is 53.2 Å². The average Bonchev–Trinajstić information content (AvgIpc) is 2.95. The number of aryl methyl sites for hydroxylation is 1. The predicted octanol–water partition coefficient (Wildman–Crippen LogP) is 3.58. The van der Waals surface area contributed by atoms with Gasteiger partial charge in [-0.05, 0) is 55.7 Å². The van der Waals surface area contributed by atoms with E-state index in [0.717, 1.165) is 12.1 Å². The summed E-state index contributed by atoms with van der Waals surface area (Å²) < 4.78 is 13.4. The number of fused-ring (bicyclic) bond motifs is 2. The summed E-state index contributed by atoms with van der Waals surface area (Å²) in [6.07, 6.45) is 1.41. The van der Waals surface area contributed by atoms with Crippen molar-refractivity contribution < 1.29 is 9.18 Å². The van der Waals surface area contributed by atoms with Gasteiger partial charge < -0.3 is 9.88 Å². The number of carbonyl (C=O) groups is 1. The van der Waals surface area contributed by atoms with Crippen LogP contribution in [0.15, 0.2) is 53.3 Å². The van der Waals surface area contributed by atoms with E-state index in [2.05, 4.69) is 4.98 Å². The Labute approximate surface area is 150 Å². The van der Waals surface area contributed by atoms with Gasteiger partial charge in [-0.2, -0.15) is 0 Å². The fourth-order valence-corrected chi connectivity index (χ4v) is 3.72. The van der Waals surface area contributed by atoms with Gasteiger partial charge in [0.15, 0.2) is 0 Å². The molecular weight excluding hydrogens is 331 g/mol. The van der Waals surface area contributed by atoms with Crippen molar-refractivity contribution in [2.24, 2.45) is 0 Å². The van der Waals surface area contributed by atoms with Gasteiger partial charge in [-0.1, -0.05) is 18.2 Å². The molecule has 4 nitrogen and oxygen atoms in total. The molecule has 0 saturated heterocycles. The van der Waals surface area contributed by atoms with E-state index in [0.29, 0.717) is 22.9 Å². The van der Waals surface area contributed by atoms with Crippen molar-refractivity contribution in [1.82, 2.24) is 4.98 Å². The maximum Gasteiger partial charge on any atom is 0.251 e. The van der Waals surface area contributed by atoms with Gasteiger partial charge in [0.25, 0.3) is 5.56 Å². The summed E-state index contributed by atoms with van der Waals surface area (Å²) >= 11 is 0. The monoisotopic (exact) mass is 350 g/mol. The number of rotatable bonds is 3. The van der Waals surface area contributed by atoms with Crippen LogP contribution in [0.5, 0.6) is 0 Å². The zero-order valence-corrected chi connectivity index (χ0v) is 14.5. The van der Waals surface area contributed by atoms with E-state index in [1.807, 2.05) is 36.1 Å². The van der Waals surface area contributed by atoms with Crippen LogP contribution in [-0.4, -0.2) is 16.9 Å². The van der Waals surface area contributed by atoms with E-state index < -0.39 is 0 Å². The number of para-hydroxylation sites is 1. The molecule has 4 rings (SSSR count). The Bertz CT molecular complexity index is 1060. The number of anilines is 1. The first-order valence-electron chi connectivity index (χ1n) is 8.74. The number of benzene rings is 2. The minimum absolute atomic E-state index is 0.00110. The lowest BCUT2D eigenvalue weighted by Gasteiger charge is -2.22. The predicted molar refractivity (Wildman–Crippen MR) is 99.9 cm³/mol. The molecule has 26 heavy (non-hydrogen) atoms. The third-order valence-corrected chi connectivity index (χ3v) is 4.97. The Hall–Kier alpha value is -2.95. The number of nitrogens with one attached hydrogen (secondary N) is 1. The summed E-state index contributed by atoms with van der Waals surface area (Å²) in [6.45, 7) is 2.03. The van der Waals surface area contributed by atoms with Crippen LogP contribution in [0.3, 0.4) is 0 Å². The van der Waals surface area contributed by atoms with Crippen LogP contribution in [0.1, 0.15) is 24.5 Å². The van der Waals surface area contributed by atoms with Gasteiger partial charge in [0.1, 0.15) is 5.82 Å². The normalized spacial score (nSPS) is 16.1. The van der Waals surface area contributed by atoms with Crippen LogP contribution in [0.25, 0.3) is 10.9 Å². The van der Waals surface area contributed by atoms with Crippen LogP contribution in [0, 0.1) is 5.82 Å². The molecule has 1 aromatic heterocycles. The molecule has 0 fully saturated rings. The Kier molecular flexibility index (Phi) is 4.07. The molecule has 1 N–H and O–H groups in total. The first kappa shape index (κ1) is 16.5. The number of halogens is 1. The Morgan fingerprint density at radius 1 is 1.23 bits per heavy atom. The van der Waals surface area contributed by atoms with Crippen molar-refractivity contribution in [3.8, 4) is 0 Å². The van der Waals surface area contributed by atoms with Gasteiger partial charge in [-0.25, -0.2) is 4.39 Å². The molecule has 0 saturated carbocycles. The van der Waals surface area contributed by atoms with Gasteiger partial charge in [0.05, 0.1) is 0 Å². The third-order valence-electron chi connectivity index (χ3n) is 4.97. The number of pyridine rings is 1. The SMILES string of the molecule is CC1Cc2ccccc2N1C(=O)CCc1cc2cc(F)ccc2[nH]c1=O. The summed E-state index contributed by atoms with van der Waals surface area (Å²) in [5.41, 5.74) is 2.99. The molecule has 0 radical (unpaired) electrons. The summed E-state index contributed by atoms with van der Waals surface area (Å²) in [4.78, 5) is 29.6. The molecule has 2 heterocycles. The van der Waals surface area contributed by atoms with Crippen LogP contribution >= 0.6 is 0 Å². The zero-order valence-electron chi connectivity index (χ0n) is 14.5. The standard InChI is InChI=1S/C21H19FN2O2/c1-13-10-14-4-2-3-5-19(14)24(13)20(25)9-6-15-11-16-12-17(22)7-8-18(16)23-21(15)26/h2-5,7-8,11-13H,6,9-10H2,1H3,(H,23,26). The summed E-state index contributed by atoms with van der Waals surface area (Å²) in [6, 6.07) is 13.9.